The van der Waals surface area contributed by atoms with Gasteiger partial charge in [-0.2, -0.15) is 5.26 Å². The van der Waals surface area contributed by atoms with Crippen molar-refractivity contribution in [2.45, 2.75) is 38.1 Å². The molecule has 3 rings (SSSR count). The second-order valence-electron chi connectivity index (χ2n) is 5.21. The van der Waals surface area contributed by atoms with Crippen molar-refractivity contribution in [1.29, 1.82) is 5.26 Å². The summed E-state index contributed by atoms with van der Waals surface area (Å²) >= 11 is 1.66. The molecule has 0 saturated heterocycles. The maximum atomic E-state index is 8.81. The summed E-state index contributed by atoms with van der Waals surface area (Å²) in [6, 6.07) is 10.3. The van der Waals surface area contributed by atoms with Crippen LogP contribution in [0, 0.1) is 11.3 Å². The average molecular weight is 283 g/mol. The van der Waals surface area contributed by atoms with Gasteiger partial charge in [-0.25, -0.2) is 4.98 Å². The molecule has 2 aromatic rings. The van der Waals surface area contributed by atoms with E-state index in [1.165, 1.54) is 32.1 Å². The van der Waals surface area contributed by atoms with E-state index in [1.54, 1.807) is 11.3 Å². The molecular formula is C16H17N3S. The van der Waals surface area contributed by atoms with Crippen molar-refractivity contribution in [1.82, 2.24) is 4.98 Å². The van der Waals surface area contributed by atoms with Crippen LogP contribution in [0.25, 0.3) is 11.3 Å². The summed E-state index contributed by atoms with van der Waals surface area (Å²) in [4.78, 5) is 4.65. The van der Waals surface area contributed by atoms with Crippen molar-refractivity contribution in [3.05, 3.63) is 35.2 Å². The standard InChI is InChI=1S/C16H17N3S/c17-10-12-6-8-13(9-7-12)15-11-20-16(19-15)18-14-4-2-1-3-5-14/h6-9,11,14H,1-5H2,(H,18,19). The zero-order valence-electron chi connectivity index (χ0n) is 11.3. The number of nitrogens with one attached hydrogen (secondary N) is 1. The molecule has 1 aromatic carbocycles. The Bertz CT molecular complexity index is 603. The predicted molar refractivity (Wildman–Crippen MR) is 82.8 cm³/mol. The Balaban J connectivity index is 1.70. The van der Waals surface area contributed by atoms with Gasteiger partial charge in [-0.3, -0.25) is 0 Å². The van der Waals surface area contributed by atoms with Crippen LogP contribution >= 0.6 is 11.3 Å². The van der Waals surface area contributed by atoms with Crippen LogP contribution in [-0.2, 0) is 0 Å². The highest BCUT2D eigenvalue weighted by molar-refractivity contribution is 7.14. The first-order valence-corrected chi connectivity index (χ1v) is 7.96. The van der Waals surface area contributed by atoms with Crippen molar-refractivity contribution in [2.24, 2.45) is 0 Å². The summed E-state index contributed by atoms with van der Waals surface area (Å²) in [5.41, 5.74) is 2.74. The third kappa shape index (κ3) is 3.00. The fourth-order valence-corrected chi connectivity index (χ4v) is 3.41. The lowest BCUT2D eigenvalue weighted by Crippen LogP contribution is -2.21. The molecule has 0 unspecified atom stereocenters. The first kappa shape index (κ1) is 13.1. The Morgan fingerprint density at radius 3 is 2.60 bits per heavy atom. The Kier molecular flexibility index (Phi) is 3.98. The summed E-state index contributed by atoms with van der Waals surface area (Å²) in [5, 5.41) is 15.4. The molecule has 1 heterocycles. The van der Waals surface area contributed by atoms with Gasteiger partial charge in [0.25, 0.3) is 0 Å². The van der Waals surface area contributed by atoms with E-state index in [9.17, 15) is 0 Å². The van der Waals surface area contributed by atoms with Gasteiger partial charge in [0.15, 0.2) is 5.13 Å². The van der Waals surface area contributed by atoms with Gasteiger partial charge in [0, 0.05) is 17.0 Å². The van der Waals surface area contributed by atoms with Crippen molar-refractivity contribution in [3.8, 4) is 17.3 Å². The number of aromatic nitrogens is 1. The normalized spacial score (nSPS) is 15.8. The molecule has 0 aliphatic heterocycles. The van der Waals surface area contributed by atoms with Crippen LogP contribution in [0.1, 0.15) is 37.7 Å². The maximum absolute atomic E-state index is 8.81. The molecule has 1 saturated carbocycles. The van der Waals surface area contributed by atoms with Crippen molar-refractivity contribution in [3.63, 3.8) is 0 Å². The second kappa shape index (κ2) is 6.06. The molecule has 102 valence electrons. The van der Waals surface area contributed by atoms with E-state index in [1.807, 2.05) is 24.3 Å². The van der Waals surface area contributed by atoms with Gasteiger partial charge in [0.1, 0.15) is 0 Å². The molecule has 1 aliphatic carbocycles. The van der Waals surface area contributed by atoms with Crippen LogP contribution in [0.2, 0.25) is 0 Å². The second-order valence-corrected chi connectivity index (χ2v) is 6.06. The molecule has 1 fully saturated rings. The first-order valence-electron chi connectivity index (χ1n) is 7.08. The number of nitriles is 1. The van der Waals surface area contributed by atoms with Gasteiger partial charge in [-0.1, -0.05) is 31.4 Å². The zero-order valence-corrected chi connectivity index (χ0v) is 12.1. The van der Waals surface area contributed by atoms with E-state index < -0.39 is 0 Å². The number of anilines is 1. The van der Waals surface area contributed by atoms with Gasteiger partial charge in [0.2, 0.25) is 0 Å². The van der Waals surface area contributed by atoms with Crippen molar-refractivity contribution in [2.75, 3.05) is 5.32 Å². The lowest BCUT2D eigenvalue weighted by Gasteiger charge is -2.22. The summed E-state index contributed by atoms with van der Waals surface area (Å²) in [6.07, 6.45) is 6.53. The molecule has 1 N–H and O–H groups in total. The molecular weight excluding hydrogens is 266 g/mol. The Morgan fingerprint density at radius 2 is 1.90 bits per heavy atom. The number of benzene rings is 1. The number of hydrogen-bond acceptors (Lipinski definition) is 4. The van der Waals surface area contributed by atoms with Gasteiger partial charge in [-0.15, -0.1) is 11.3 Å². The fraction of sp³-hybridized carbons (Fsp3) is 0.375. The van der Waals surface area contributed by atoms with E-state index in [2.05, 4.69) is 21.8 Å². The van der Waals surface area contributed by atoms with E-state index in [0.717, 1.165) is 16.4 Å². The SMILES string of the molecule is N#Cc1ccc(-c2csc(NC3CCCCC3)n2)cc1. The third-order valence-electron chi connectivity index (χ3n) is 3.75. The summed E-state index contributed by atoms with van der Waals surface area (Å²) in [6.45, 7) is 0. The highest BCUT2D eigenvalue weighted by Crippen LogP contribution is 2.28. The maximum Gasteiger partial charge on any atom is 0.183 e. The molecule has 0 radical (unpaired) electrons. The molecule has 0 amide bonds. The molecule has 0 bridgehead atoms. The van der Waals surface area contributed by atoms with Crippen LogP contribution in [0.5, 0.6) is 0 Å². The smallest absolute Gasteiger partial charge is 0.183 e. The van der Waals surface area contributed by atoms with E-state index >= 15 is 0 Å². The molecule has 3 nitrogen and oxygen atoms in total. The summed E-state index contributed by atoms with van der Waals surface area (Å²) in [7, 11) is 0. The highest BCUT2D eigenvalue weighted by Gasteiger charge is 2.14. The molecule has 1 aromatic heterocycles. The number of hydrogen-bond donors (Lipinski definition) is 1. The lowest BCUT2D eigenvalue weighted by atomic mass is 9.96. The predicted octanol–water partition coefficient (Wildman–Crippen LogP) is 4.43. The molecule has 0 spiro atoms. The van der Waals surface area contributed by atoms with Crippen LogP contribution in [0.15, 0.2) is 29.6 Å². The van der Waals surface area contributed by atoms with Gasteiger partial charge in [-0.05, 0) is 25.0 Å². The summed E-state index contributed by atoms with van der Waals surface area (Å²) in [5.74, 6) is 0. The van der Waals surface area contributed by atoms with Crippen molar-refractivity contribution < 1.29 is 0 Å². The molecule has 20 heavy (non-hydrogen) atoms. The highest BCUT2D eigenvalue weighted by atomic mass is 32.1. The molecule has 1 aliphatic rings. The quantitative estimate of drug-likeness (QED) is 0.906. The molecule has 4 heteroatoms. The average Bonchev–Trinajstić information content (AvgIpc) is 2.97. The van der Waals surface area contributed by atoms with Crippen LogP contribution in [-0.4, -0.2) is 11.0 Å². The van der Waals surface area contributed by atoms with Crippen LogP contribution < -0.4 is 5.32 Å². The lowest BCUT2D eigenvalue weighted by molar-refractivity contribution is 0.462. The van der Waals surface area contributed by atoms with Gasteiger partial charge in [0.05, 0.1) is 17.3 Å². The minimum Gasteiger partial charge on any atom is -0.359 e. The van der Waals surface area contributed by atoms with Crippen LogP contribution in [0.3, 0.4) is 0 Å². The Labute approximate surface area is 123 Å². The number of thiazole rings is 1. The molecule has 0 atom stereocenters. The Hall–Kier alpha value is -1.86. The van der Waals surface area contributed by atoms with Crippen LogP contribution in [0.4, 0.5) is 5.13 Å². The monoisotopic (exact) mass is 283 g/mol. The minimum absolute atomic E-state index is 0.587. The fourth-order valence-electron chi connectivity index (χ4n) is 2.61. The third-order valence-corrected chi connectivity index (χ3v) is 4.52. The minimum atomic E-state index is 0.587. The van der Waals surface area contributed by atoms with Gasteiger partial charge >= 0.3 is 0 Å². The van der Waals surface area contributed by atoms with Crippen molar-refractivity contribution >= 4 is 16.5 Å². The van der Waals surface area contributed by atoms with E-state index in [0.29, 0.717) is 11.6 Å². The van der Waals surface area contributed by atoms with E-state index in [-0.39, 0.29) is 0 Å². The summed E-state index contributed by atoms with van der Waals surface area (Å²) < 4.78 is 0. The zero-order chi connectivity index (χ0) is 13.8. The number of nitrogens with zero attached hydrogens (tertiary/aromatic N) is 2. The van der Waals surface area contributed by atoms with Gasteiger partial charge < -0.3 is 5.32 Å². The number of rotatable bonds is 3. The largest absolute Gasteiger partial charge is 0.359 e. The first-order chi connectivity index (χ1) is 9.85. The van der Waals surface area contributed by atoms with E-state index in [4.69, 9.17) is 5.26 Å². The topological polar surface area (TPSA) is 48.7 Å². The Morgan fingerprint density at radius 1 is 1.15 bits per heavy atom.